The summed E-state index contributed by atoms with van der Waals surface area (Å²) in [6.07, 6.45) is 0. The van der Waals surface area contributed by atoms with Gasteiger partial charge in [-0.05, 0) is 18.1 Å². The van der Waals surface area contributed by atoms with Gasteiger partial charge in [0.05, 0.1) is 12.2 Å². The molecule has 110 valence electrons. The zero-order valence-electron chi connectivity index (χ0n) is 11.9. The SMILES string of the molecule is CC(C)C1(O)CN(Cc2cc(Cl)cc3c2OCOC3)C1. The number of ether oxygens (including phenoxy) is 2. The zero-order chi connectivity index (χ0) is 14.3. The summed E-state index contributed by atoms with van der Waals surface area (Å²) in [5.74, 6) is 1.16. The molecule has 1 N–H and O–H groups in total. The molecule has 1 aromatic rings. The van der Waals surface area contributed by atoms with Crippen LogP contribution in [0.5, 0.6) is 5.75 Å². The van der Waals surface area contributed by atoms with Crippen molar-refractivity contribution in [1.29, 1.82) is 0 Å². The number of hydrogen-bond donors (Lipinski definition) is 1. The standard InChI is InChI=1S/C15H20ClNO3/c1-10(2)15(18)7-17(8-15)5-11-3-13(16)4-12-6-19-9-20-14(11)12/h3-4,10,18H,5-9H2,1-2H3. The molecule has 4 nitrogen and oxygen atoms in total. The highest BCUT2D eigenvalue weighted by molar-refractivity contribution is 6.30. The number of aliphatic hydroxyl groups is 1. The largest absolute Gasteiger partial charge is 0.467 e. The Labute approximate surface area is 124 Å². The first-order valence-corrected chi connectivity index (χ1v) is 7.32. The Morgan fingerprint density at radius 2 is 2.15 bits per heavy atom. The van der Waals surface area contributed by atoms with Gasteiger partial charge in [-0.3, -0.25) is 4.90 Å². The van der Waals surface area contributed by atoms with Crippen molar-refractivity contribution in [1.82, 2.24) is 4.90 Å². The molecular weight excluding hydrogens is 278 g/mol. The molecule has 3 rings (SSSR count). The van der Waals surface area contributed by atoms with Crippen molar-refractivity contribution in [3.63, 3.8) is 0 Å². The third-order valence-corrected chi connectivity index (χ3v) is 4.43. The Bertz CT molecular complexity index is 512. The molecule has 0 amide bonds. The summed E-state index contributed by atoms with van der Waals surface area (Å²) >= 11 is 6.15. The minimum atomic E-state index is -0.553. The van der Waals surface area contributed by atoms with Gasteiger partial charge < -0.3 is 14.6 Å². The van der Waals surface area contributed by atoms with Gasteiger partial charge in [0.25, 0.3) is 0 Å². The van der Waals surface area contributed by atoms with E-state index in [1.165, 1.54) is 0 Å². The molecule has 1 aromatic carbocycles. The molecule has 1 fully saturated rings. The van der Waals surface area contributed by atoms with Gasteiger partial charge in [0.1, 0.15) is 5.75 Å². The zero-order valence-corrected chi connectivity index (χ0v) is 12.6. The fourth-order valence-electron chi connectivity index (χ4n) is 2.82. The second-order valence-corrected chi connectivity index (χ2v) is 6.50. The van der Waals surface area contributed by atoms with Crippen molar-refractivity contribution in [3.05, 3.63) is 28.3 Å². The van der Waals surface area contributed by atoms with Crippen LogP contribution in [0.3, 0.4) is 0 Å². The van der Waals surface area contributed by atoms with Crippen LogP contribution >= 0.6 is 11.6 Å². The average Bonchev–Trinajstić information content (AvgIpc) is 2.36. The van der Waals surface area contributed by atoms with E-state index in [2.05, 4.69) is 18.7 Å². The van der Waals surface area contributed by atoms with E-state index >= 15 is 0 Å². The first-order chi connectivity index (χ1) is 9.48. The molecule has 0 saturated carbocycles. The molecule has 0 aromatic heterocycles. The molecule has 20 heavy (non-hydrogen) atoms. The van der Waals surface area contributed by atoms with Crippen LogP contribution in [0.25, 0.3) is 0 Å². The van der Waals surface area contributed by atoms with Crippen LogP contribution in [-0.2, 0) is 17.9 Å². The summed E-state index contributed by atoms with van der Waals surface area (Å²) in [6, 6.07) is 3.83. The van der Waals surface area contributed by atoms with Gasteiger partial charge >= 0.3 is 0 Å². The maximum Gasteiger partial charge on any atom is 0.189 e. The second kappa shape index (κ2) is 5.19. The van der Waals surface area contributed by atoms with Crippen molar-refractivity contribution in [2.24, 2.45) is 5.92 Å². The Morgan fingerprint density at radius 3 is 2.85 bits per heavy atom. The van der Waals surface area contributed by atoms with Gasteiger partial charge in [0, 0.05) is 35.8 Å². The van der Waals surface area contributed by atoms with E-state index in [1.807, 2.05) is 12.1 Å². The van der Waals surface area contributed by atoms with Crippen molar-refractivity contribution in [3.8, 4) is 5.75 Å². The summed E-state index contributed by atoms with van der Waals surface area (Å²) in [4.78, 5) is 2.21. The average molecular weight is 298 g/mol. The van der Waals surface area contributed by atoms with Crippen LogP contribution in [0.2, 0.25) is 5.02 Å². The number of β-amino-alcohol motifs (C(OH)–C–C–N with tert-alkyl or cyclic N) is 1. The van der Waals surface area contributed by atoms with Gasteiger partial charge in [0.2, 0.25) is 0 Å². The monoisotopic (exact) mass is 297 g/mol. The van der Waals surface area contributed by atoms with Crippen LogP contribution < -0.4 is 4.74 Å². The Morgan fingerprint density at radius 1 is 1.40 bits per heavy atom. The van der Waals surface area contributed by atoms with E-state index in [9.17, 15) is 5.11 Å². The quantitative estimate of drug-likeness (QED) is 0.930. The number of halogens is 1. The van der Waals surface area contributed by atoms with Gasteiger partial charge in [0.15, 0.2) is 6.79 Å². The third-order valence-electron chi connectivity index (χ3n) is 4.22. The molecular formula is C15H20ClNO3. The normalized spacial score (nSPS) is 21.2. The lowest BCUT2D eigenvalue weighted by molar-refractivity contribution is -0.131. The number of hydrogen-bond acceptors (Lipinski definition) is 4. The van der Waals surface area contributed by atoms with Crippen LogP contribution in [0.15, 0.2) is 12.1 Å². The maximum absolute atomic E-state index is 10.3. The predicted molar refractivity (Wildman–Crippen MR) is 76.8 cm³/mol. The van der Waals surface area contributed by atoms with Crippen molar-refractivity contribution in [2.75, 3.05) is 19.9 Å². The smallest absolute Gasteiger partial charge is 0.189 e. The lowest BCUT2D eigenvalue weighted by atomic mass is 9.83. The molecule has 0 unspecified atom stereocenters. The topological polar surface area (TPSA) is 41.9 Å². The number of rotatable bonds is 3. The van der Waals surface area contributed by atoms with E-state index in [0.29, 0.717) is 24.7 Å². The van der Waals surface area contributed by atoms with Gasteiger partial charge in [-0.2, -0.15) is 0 Å². The van der Waals surface area contributed by atoms with Crippen molar-refractivity contribution >= 4 is 11.6 Å². The van der Waals surface area contributed by atoms with Gasteiger partial charge in [-0.25, -0.2) is 0 Å². The molecule has 0 spiro atoms. The Hall–Kier alpha value is -0.810. The highest BCUT2D eigenvalue weighted by atomic mass is 35.5. The van der Waals surface area contributed by atoms with Crippen molar-refractivity contribution in [2.45, 2.75) is 32.6 Å². The second-order valence-electron chi connectivity index (χ2n) is 6.07. The fourth-order valence-corrected chi connectivity index (χ4v) is 3.08. The van der Waals surface area contributed by atoms with E-state index in [0.717, 1.165) is 23.4 Å². The lowest BCUT2D eigenvalue weighted by Gasteiger charge is -2.49. The summed E-state index contributed by atoms with van der Waals surface area (Å²) in [5, 5.41) is 11.0. The molecule has 0 aliphatic carbocycles. The highest BCUT2D eigenvalue weighted by Crippen LogP contribution is 2.35. The van der Waals surface area contributed by atoms with Gasteiger partial charge in [-0.1, -0.05) is 25.4 Å². The molecule has 1 saturated heterocycles. The number of fused-ring (bicyclic) bond motifs is 1. The molecule has 5 heteroatoms. The lowest BCUT2D eigenvalue weighted by Crippen LogP contribution is -2.63. The number of benzene rings is 1. The third kappa shape index (κ3) is 2.53. The summed E-state index contributed by atoms with van der Waals surface area (Å²) < 4.78 is 10.9. The minimum absolute atomic E-state index is 0.275. The summed E-state index contributed by atoms with van der Waals surface area (Å²) in [6.45, 7) is 7.08. The van der Waals surface area contributed by atoms with E-state index < -0.39 is 5.60 Å². The molecule has 2 aliphatic heterocycles. The molecule has 0 radical (unpaired) electrons. The minimum Gasteiger partial charge on any atom is -0.467 e. The Kier molecular flexibility index (Phi) is 3.67. The highest BCUT2D eigenvalue weighted by Gasteiger charge is 2.43. The van der Waals surface area contributed by atoms with Crippen LogP contribution in [0.4, 0.5) is 0 Å². The van der Waals surface area contributed by atoms with E-state index in [1.54, 1.807) is 0 Å². The van der Waals surface area contributed by atoms with Crippen molar-refractivity contribution < 1.29 is 14.6 Å². The fraction of sp³-hybridized carbons (Fsp3) is 0.600. The Balaban J connectivity index is 1.74. The first kappa shape index (κ1) is 14.1. The number of likely N-dealkylation sites (tertiary alicyclic amines) is 1. The summed E-state index contributed by atoms with van der Waals surface area (Å²) in [7, 11) is 0. The number of nitrogens with zero attached hydrogens (tertiary/aromatic N) is 1. The van der Waals surface area contributed by atoms with Crippen LogP contribution in [0, 0.1) is 5.92 Å². The van der Waals surface area contributed by atoms with E-state index in [4.69, 9.17) is 21.1 Å². The maximum atomic E-state index is 10.3. The molecule has 2 heterocycles. The molecule has 2 aliphatic rings. The molecule has 0 bridgehead atoms. The summed E-state index contributed by atoms with van der Waals surface area (Å²) in [5.41, 5.74) is 1.52. The van der Waals surface area contributed by atoms with Crippen LogP contribution in [0.1, 0.15) is 25.0 Å². The van der Waals surface area contributed by atoms with Gasteiger partial charge in [-0.15, -0.1) is 0 Å². The first-order valence-electron chi connectivity index (χ1n) is 6.94. The predicted octanol–water partition coefficient (Wildman–Crippen LogP) is 2.41. The molecule has 0 atom stereocenters. The van der Waals surface area contributed by atoms with E-state index in [-0.39, 0.29) is 12.7 Å². The van der Waals surface area contributed by atoms with Crippen LogP contribution in [-0.4, -0.2) is 35.5 Å².